The molecule has 0 fully saturated rings. The van der Waals surface area contributed by atoms with Gasteiger partial charge in [-0.25, -0.2) is 4.39 Å². The molecule has 0 aliphatic carbocycles. The Labute approximate surface area is 123 Å². The highest BCUT2D eigenvalue weighted by atomic mass is 35.5. The largest absolute Gasteiger partial charge is 0.484 e. The summed E-state index contributed by atoms with van der Waals surface area (Å²) in [5, 5.41) is 0.661. The number of ether oxygens (including phenoxy) is 1. The Bertz CT molecular complexity index is 584. The van der Waals surface area contributed by atoms with Gasteiger partial charge in [-0.05, 0) is 55.3 Å². The smallest absolute Gasteiger partial charge is 0.138 e. The minimum atomic E-state index is -0.338. The molecule has 0 amide bonds. The SMILES string of the molecule is Cc1cc(Cl)ccc1OC(c1ccc(F)cc1)C(C)N. The Morgan fingerprint density at radius 1 is 1.15 bits per heavy atom. The van der Waals surface area contributed by atoms with Crippen LogP contribution in [0.2, 0.25) is 5.02 Å². The molecular formula is C16H17ClFNO. The maximum Gasteiger partial charge on any atom is 0.138 e. The second-order valence-corrected chi connectivity index (χ2v) is 5.30. The fourth-order valence-corrected chi connectivity index (χ4v) is 2.24. The minimum Gasteiger partial charge on any atom is -0.484 e. The average Bonchev–Trinajstić information content (AvgIpc) is 2.39. The van der Waals surface area contributed by atoms with E-state index in [4.69, 9.17) is 22.1 Å². The lowest BCUT2D eigenvalue weighted by Gasteiger charge is -2.24. The van der Waals surface area contributed by atoms with Gasteiger partial charge in [0.15, 0.2) is 0 Å². The number of benzene rings is 2. The zero-order chi connectivity index (χ0) is 14.7. The van der Waals surface area contributed by atoms with Gasteiger partial charge in [0, 0.05) is 11.1 Å². The molecule has 2 rings (SSSR count). The molecule has 4 heteroatoms. The molecule has 20 heavy (non-hydrogen) atoms. The van der Waals surface area contributed by atoms with Gasteiger partial charge in [-0.2, -0.15) is 0 Å². The molecule has 0 saturated carbocycles. The highest BCUT2D eigenvalue weighted by Crippen LogP contribution is 2.28. The third-order valence-electron chi connectivity index (χ3n) is 3.07. The van der Waals surface area contributed by atoms with Crippen molar-refractivity contribution in [3.63, 3.8) is 0 Å². The summed E-state index contributed by atoms with van der Waals surface area (Å²) in [6.07, 6.45) is -0.338. The van der Waals surface area contributed by atoms with Crippen LogP contribution in [0.3, 0.4) is 0 Å². The molecule has 2 atom stereocenters. The molecule has 0 radical (unpaired) electrons. The molecule has 0 bridgehead atoms. The summed E-state index contributed by atoms with van der Waals surface area (Å²) >= 11 is 5.93. The summed E-state index contributed by atoms with van der Waals surface area (Å²) in [5.41, 5.74) is 7.77. The number of halogens is 2. The van der Waals surface area contributed by atoms with Crippen LogP contribution in [0.15, 0.2) is 42.5 Å². The predicted octanol–water partition coefficient (Wildman–Crippen LogP) is 4.25. The highest BCUT2D eigenvalue weighted by Gasteiger charge is 2.19. The lowest BCUT2D eigenvalue weighted by atomic mass is 10.0. The van der Waals surface area contributed by atoms with Crippen molar-refractivity contribution in [1.82, 2.24) is 0 Å². The van der Waals surface area contributed by atoms with E-state index in [1.165, 1.54) is 12.1 Å². The maximum absolute atomic E-state index is 13.0. The molecule has 2 nitrogen and oxygen atoms in total. The quantitative estimate of drug-likeness (QED) is 0.914. The summed E-state index contributed by atoms with van der Waals surface area (Å²) in [5.74, 6) is 0.445. The Morgan fingerprint density at radius 3 is 2.35 bits per heavy atom. The molecule has 0 heterocycles. The van der Waals surface area contributed by atoms with Gasteiger partial charge in [0.05, 0.1) is 0 Å². The van der Waals surface area contributed by atoms with Crippen molar-refractivity contribution in [2.45, 2.75) is 26.0 Å². The first-order valence-corrected chi connectivity index (χ1v) is 6.79. The van der Waals surface area contributed by atoms with Gasteiger partial charge in [-0.15, -0.1) is 0 Å². The molecule has 0 spiro atoms. The van der Waals surface area contributed by atoms with E-state index in [2.05, 4.69) is 0 Å². The van der Waals surface area contributed by atoms with Gasteiger partial charge >= 0.3 is 0 Å². The highest BCUT2D eigenvalue weighted by molar-refractivity contribution is 6.30. The zero-order valence-corrected chi connectivity index (χ0v) is 12.2. The first-order chi connectivity index (χ1) is 9.47. The summed E-state index contributed by atoms with van der Waals surface area (Å²) < 4.78 is 19.0. The predicted molar refractivity (Wildman–Crippen MR) is 79.6 cm³/mol. The molecule has 2 N–H and O–H groups in total. The Kier molecular flexibility index (Phi) is 4.63. The van der Waals surface area contributed by atoms with Crippen molar-refractivity contribution in [3.8, 4) is 5.75 Å². The number of rotatable bonds is 4. The van der Waals surface area contributed by atoms with Crippen LogP contribution >= 0.6 is 11.6 Å². The number of hydrogen-bond acceptors (Lipinski definition) is 2. The van der Waals surface area contributed by atoms with E-state index < -0.39 is 0 Å². The third kappa shape index (κ3) is 3.50. The van der Waals surface area contributed by atoms with Crippen LogP contribution in [0.25, 0.3) is 0 Å². The molecule has 2 aromatic rings. The van der Waals surface area contributed by atoms with E-state index in [0.717, 1.165) is 16.9 Å². The molecule has 2 aromatic carbocycles. The molecular weight excluding hydrogens is 277 g/mol. The van der Waals surface area contributed by atoms with Crippen molar-refractivity contribution in [2.75, 3.05) is 0 Å². The van der Waals surface area contributed by atoms with Crippen LogP contribution in [-0.4, -0.2) is 6.04 Å². The fourth-order valence-electron chi connectivity index (χ4n) is 2.01. The van der Waals surface area contributed by atoms with E-state index in [9.17, 15) is 4.39 Å². The number of nitrogens with two attached hydrogens (primary N) is 1. The number of aryl methyl sites for hydroxylation is 1. The second-order valence-electron chi connectivity index (χ2n) is 4.86. The topological polar surface area (TPSA) is 35.2 Å². The van der Waals surface area contributed by atoms with Gasteiger partial charge in [0.25, 0.3) is 0 Å². The molecule has 0 aromatic heterocycles. The summed E-state index contributed by atoms with van der Waals surface area (Å²) in [4.78, 5) is 0. The molecule has 106 valence electrons. The van der Waals surface area contributed by atoms with Crippen LogP contribution in [-0.2, 0) is 0 Å². The van der Waals surface area contributed by atoms with Crippen molar-refractivity contribution in [2.24, 2.45) is 5.73 Å². The van der Waals surface area contributed by atoms with Crippen molar-refractivity contribution < 1.29 is 9.13 Å². The number of hydrogen-bond donors (Lipinski definition) is 1. The monoisotopic (exact) mass is 293 g/mol. The van der Waals surface area contributed by atoms with Crippen LogP contribution in [0.4, 0.5) is 4.39 Å². The molecule has 2 unspecified atom stereocenters. The van der Waals surface area contributed by atoms with Crippen molar-refractivity contribution in [3.05, 3.63) is 64.4 Å². The van der Waals surface area contributed by atoms with Crippen molar-refractivity contribution in [1.29, 1.82) is 0 Å². The van der Waals surface area contributed by atoms with Crippen LogP contribution in [0.5, 0.6) is 5.75 Å². The Balaban J connectivity index is 2.28. The second kappa shape index (κ2) is 6.25. The molecule has 0 aliphatic rings. The Morgan fingerprint density at radius 2 is 1.80 bits per heavy atom. The van der Waals surface area contributed by atoms with Gasteiger partial charge in [-0.3, -0.25) is 0 Å². The lowest BCUT2D eigenvalue weighted by Crippen LogP contribution is -2.29. The van der Waals surface area contributed by atoms with Crippen molar-refractivity contribution >= 4 is 11.6 Å². The van der Waals surface area contributed by atoms with E-state index in [-0.39, 0.29) is 18.0 Å². The van der Waals surface area contributed by atoms with E-state index in [1.54, 1.807) is 18.2 Å². The summed E-state index contributed by atoms with van der Waals surface area (Å²) in [7, 11) is 0. The average molecular weight is 294 g/mol. The van der Waals surface area contributed by atoms with Crippen LogP contribution in [0.1, 0.15) is 24.2 Å². The van der Waals surface area contributed by atoms with Gasteiger partial charge in [0.1, 0.15) is 17.7 Å². The summed E-state index contributed by atoms with van der Waals surface area (Å²) in [6, 6.07) is 11.4. The first-order valence-electron chi connectivity index (χ1n) is 6.41. The lowest BCUT2D eigenvalue weighted by molar-refractivity contribution is 0.179. The van der Waals surface area contributed by atoms with Crippen LogP contribution < -0.4 is 10.5 Å². The minimum absolute atomic E-state index is 0.226. The zero-order valence-electron chi connectivity index (χ0n) is 11.4. The van der Waals surface area contributed by atoms with Gasteiger partial charge < -0.3 is 10.5 Å². The van der Waals surface area contributed by atoms with E-state index >= 15 is 0 Å². The van der Waals surface area contributed by atoms with E-state index in [1.807, 2.05) is 26.0 Å². The van der Waals surface area contributed by atoms with E-state index in [0.29, 0.717) is 5.02 Å². The van der Waals surface area contributed by atoms with Gasteiger partial charge in [-0.1, -0.05) is 23.7 Å². The van der Waals surface area contributed by atoms with Crippen LogP contribution in [0, 0.1) is 12.7 Å². The molecule has 0 saturated heterocycles. The normalized spacial score (nSPS) is 13.8. The van der Waals surface area contributed by atoms with Gasteiger partial charge in [0.2, 0.25) is 0 Å². The Hall–Kier alpha value is -1.58. The fraction of sp³-hybridized carbons (Fsp3) is 0.250. The molecule has 0 aliphatic heterocycles. The summed E-state index contributed by atoms with van der Waals surface area (Å²) in [6.45, 7) is 3.78. The third-order valence-corrected chi connectivity index (χ3v) is 3.30. The first kappa shape index (κ1) is 14.8. The maximum atomic E-state index is 13.0. The standard InChI is InChI=1S/C16H17ClFNO/c1-10-9-13(17)5-8-15(10)20-16(11(2)19)12-3-6-14(18)7-4-12/h3-9,11,16H,19H2,1-2H3.